The van der Waals surface area contributed by atoms with E-state index in [2.05, 4.69) is 0 Å². The van der Waals surface area contributed by atoms with E-state index in [9.17, 15) is 18.0 Å². The largest absolute Gasteiger partial charge is 0.444 e. The number of rotatable bonds is 3. The minimum absolute atomic E-state index is 0.0479. The monoisotopic (exact) mass is 465 g/mol. The molecule has 0 aromatic heterocycles. The van der Waals surface area contributed by atoms with Crippen molar-refractivity contribution in [2.45, 2.75) is 57.6 Å². The third kappa shape index (κ3) is 6.92. The summed E-state index contributed by atoms with van der Waals surface area (Å²) in [5, 5.41) is 11.1. The van der Waals surface area contributed by atoms with Crippen LogP contribution in [0.2, 0.25) is 0 Å². The van der Waals surface area contributed by atoms with Crippen LogP contribution in [0.5, 0.6) is 0 Å². The fraction of sp³-hybridized carbons (Fsp3) is 0.381. The summed E-state index contributed by atoms with van der Waals surface area (Å²) in [6.07, 6.45) is -2.40. The van der Waals surface area contributed by atoms with Crippen LogP contribution < -0.4 is 5.32 Å². The summed E-state index contributed by atoms with van der Waals surface area (Å²) in [5.41, 5.74) is -1.93. The Morgan fingerprint density at radius 3 is 2.06 bits per heavy atom. The zero-order valence-electron chi connectivity index (χ0n) is 18.8. The number of alkyl carbamates (subject to hydrolysis) is 1. The Morgan fingerprint density at radius 2 is 1.47 bits per heavy atom. The van der Waals surface area contributed by atoms with Crippen LogP contribution in [0, 0.1) is 5.41 Å². The molecule has 0 saturated heterocycles. The number of benzene rings is 2. The Balaban J connectivity index is 2.39. The summed E-state index contributed by atoms with van der Waals surface area (Å²) in [6, 6.07) is 11.2. The second-order valence-electron chi connectivity index (χ2n) is 8.76. The highest BCUT2D eigenvalue weighted by atomic mass is 32.2. The van der Waals surface area contributed by atoms with Gasteiger partial charge in [-0.25, -0.2) is 9.59 Å². The average molecular weight is 466 g/mol. The molecule has 0 spiro atoms. The summed E-state index contributed by atoms with van der Waals surface area (Å²) in [7, 11) is -4.61. The number of hydroxylamine groups is 2. The van der Waals surface area contributed by atoms with Crippen LogP contribution in [-0.4, -0.2) is 42.8 Å². The van der Waals surface area contributed by atoms with Gasteiger partial charge in [-0.1, -0.05) is 36.4 Å². The van der Waals surface area contributed by atoms with Gasteiger partial charge in [0, 0.05) is 5.39 Å². The van der Waals surface area contributed by atoms with Crippen molar-refractivity contribution >= 4 is 39.0 Å². The highest BCUT2D eigenvalue weighted by molar-refractivity contribution is 7.87. The van der Waals surface area contributed by atoms with Crippen molar-refractivity contribution in [1.29, 1.82) is 5.41 Å². The molecule has 0 aliphatic rings. The van der Waals surface area contributed by atoms with Gasteiger partial charge in [0.15, 0.2) is 0 Å². The topological polar surface area (TPSA) is 135 Å². The normalized spacial score (nSPS) is 12.2. The lowest BCUT2D eigenvalue weighted by atomic mass is 10.1. The van der Waals surface area contributed by atoms with Gasteiger partial charge >= 0.3 is 22.3 Å². The number of hydrogen-bond acceptors (Lipinski definition) is 8. The molecule has 0 fully saturated rings. The van der Waals surface area contributed by atoms with Gasteiger partial charge in [0.05, 0.1) is 0 Å². The van der Waals surface area contributed by atoms with Crippen LogP contribution in [0.3, 0.4) is 0 Å². The molecule has 2 aromatic rings. The first-order chi connectivity index (χ1) is 14.6. The van der Waals surface area contributed by atoms with Crippen molar-refractivity contribution in [2.24, 2.45) is 0 Å². The Kier molecular flexibility index (Phi) is 7.16. The van der Waals surface area contributed by atoms with Gasteiger partial charge in [-0.15, -0.1) is 9.35 Å². The van der Waals surface area contributed by atoms with Crippen molar-refractivity contribution < 1.29 is 31.8 Å². The fourth-order valence-electron chi connectivity index (χ4n) is 2.47. The maximum absolute atomic E-state index is 13.0. The molecule has 0 aliphatic carbocycles. The van der Waals surface area contributed by atoms with Crippen LogP contribution in [0.15, 0.2) is 47.4 Å². The minimum atomic E-state index is -4.61. The standard InChI is InChI=1S/C21H27N3O7S/c1-20(2,3)29-18(25)23-17(22)24(19(26)30-21(4,5)6)31-32(27,28)16-13-9-11-14-10-7-8-12-15(14)16/h7-13H,1-6H3,(H2,22,23,25). The molecule has 174 valence electrons. The molecular weight excluding hydrogens is 438 g/mol. The number of carbonyl (C=O) groups is 2. The molecule has 0 atom stereocenters. The Hall–Kier alpha value is -3.18. The molecule has 32 heavy (non-hydrogen) atoms. The van der Waals surface area contributed by atoms with Gasteiger partial charge < -0.3 is 9.47 Å². The molecule has 10 nitrogen and oxygen atoms in total. The van der Waals surface area contributed by atoms with E-state index in [1.165, 1.54) is 12.1 Å². The third-order valence-electron chi connectivity index (χ3n) is 3.57. The SMILES string of the molecule is CC(C)(C)OC(=O)NC(=N)N(OS(=O)(=O)c1cccc2ccccc12)C(=O)OC(C)(C)C. The molecule has 2 amide bonds. The summed E-state index contributed by atoms with van der Waals surface area (Å²) in [5.74, 6) is -1.00. The highest BCUT2D eigenvalue weighted by Crippen LogP contribution is 2.25. The maximum atomic E-state index is 13.0. The maximum Gasteiger partial charge on any atom is 0.443 e. The summed E-state index contributed by atoms with van der Waals surface area (Å²) in [6.45, 7) is 9.45. The van der Waals surface area contributed by atoms with Crippen LogP contribution in [0.25, 0.3) is 10.8 Å². The lowest BCUT2D eigenvalue weighted by Crippen LogP contribution is -2.50. The van der Waals surface area contributed by atoms with E-state index >= 15 is 0 Å². The number of hydrogen-bond donors (Lipinski definition) is 2. The van der Waals surface area contributed by atoms with E-state index in [1.807, 2.05) is 5.32 Å². The predicted molar refractivity (Wildman–Crippen MR) is 117 cm³/mol. The molecule has 0 aliphatic heterocycles. The lowest BCUT2D eigenvalue weighted by molar-refractivity contribution is -0.0292. The lowest BCUT2D eigenvalue weighted by Gasteiger charge is -2.26. The number of nitrogens with zero attached hydrogens (tertiary/aromatic N) is 1. The van der Waals surface area contributed by atoms with Crippen LogP contribution in [-0.2, 0) is 23.9 Å². The molecular formula is C21H27N3O7S. The van der Waals surface area contributed by atoms with Crippen LogP contribution in [0.4, 0.5) is 9.59 Å². The molecule has 2 N–H and O–H groups in total. The number of amides is 2. The van der Waals surface area contributed by atoms with Crippen molar-refractivity contribution in [3.05, 3.63) is 42.5 Å². The molecule has 0 heterocycles. The van der Waals surface area contributed by atoms with E-state index in [-0.39, 0.29) is 9.96 Å². The highest BCUT2D eigenvalue weighted by Gasteiger charge is 2.34. The predicted octanol–water partition coefficient (Wildman–Crippen LogP) is 4.16. The molecule has 0 bridgehead atoms. The second kappa shape index (κ2) is 9.13. The average Bonchev–Trinajstić information content (AvgIpc) is 2.62. The zero-order chi connectivity index (χ0) is 24.3. The molecule has 2 aromatic carbocycles. The van der Waals surface area contributed by atoms with Gasteiger partial charge in [-0.3, -0.25) is 10.7 Å². The summed E-state index contributed by atoms with van der Waals surface area (Å²) < 4.78 is 41.2. The van der Waals surface area contributed by atoms with Crippen LogP contribution in [0.1, 0.15) is 41.5 Å². The third-order valence-corrected chi connectivity index (χ3v) is 4.81. The van der Waals surface area contributed by atoms with E-state index in [4.69, 9.17) is 19.2 Å². The fourth-order valence-corrected chi connectivity index (χ4v) is 3.58. The summed E-state index contributed by atoms with van der Waals surface area (Å²) >= 11 is 0. The molecule has 11 heteroatoms. The van der Waals surface area contributed by atoms with Crippen LogP contribution >= 0.6 is 0 Å². The van der Waals surface area contributed by atoms with Gasteiger partial charge in [-0.2, -0.15) is 8.42 Å². The molecule has 0 saturated carbocycles. The van der Waals surface area contributed by atoms with Crippen molar-refractivity contribution in [2.75, 3.05) is 0 Å². The van der Waals surface area contributed by atoms with Gasteiger partial charge in [0.25, 0.3) is 0 Å². The first-order valence-corrected chi connectivity index (χ1v) is 11.0. The Morgan fingerprint density at radius 1 is 0.906 bits per heavy atom. The van der Waals surface area contributed by atoms with Gasteiger partial charge in [0.2, 0.25) is 5.96 Å². The molecule has 0 unspecified atom stereocenters. The molecule has 2 rings (SSSR count). The zero-order valence-corrected chi connectivity index (χ0v) is 19.6. The summed E-state index contributed by atoms with van der Waals surface area (Å²) in [4.78, 5) is 24.4. The number of carbonyl (C=O) groups excluding carboxylic acids is 2. The quantitative estimate of drug-likeness (QED) is 0.395. The van der Waals surface area contributed by atoms with Crippen molar-refractivity contribution in [1.82, 2.24) is 10.4 Å². The first kappa shape index (κ1) is 25.1. The van der Waals surface area contributed by atoms with E-state index in [0.717, 1.165) is 0 Å². The van der Waals surface area contributed by atoms with Crippen molar-refractivity contribution in [3.63, 3.8) is 0 Å². The van der Waals surface area contributed by atoms with Crippen molar-refractivity contribution in [3.8, 4) is 0 Å². The first-order valence-electron chi connectivity index (χ1n) is 9.63. The number of nitrogens with one attached hydrogen (secondary N) is 2. The number of fused-ring (bicyclic) bond motifs is 1. The Labute approximate surface area is 187 Å². The number of ether oxygens (including phenoxy) is 2. The molecule has 0 radical (unpaired) electrons. The van der Waals surface area contributed by atoms with E-state index < -0.39 is 39.5 Å². The minimum Gasteiger partial charge on any atom is -0.444 e. The Bertz CT molecular complexity index is 1130. The van der Waals surface area contributed by atoms with Gasteiger partial charge in [0.1, 0.15) is 16.1 Å². The van der Waals surface area contributed by atoms with E-state index in [0.29, 0.717) is 10.8 Å². The smallest absolute Gasteiger partial charge is 0.443 e. The van der Waals surface area contributed by atoms with Gasteiger partial charge in [-0.05, 0) is 53.0 Å². The van der Waals surface area contributed by atoms with E-state index in [1.54, 1.807) is 71.9 Å². The second-order valence-corrected chi connectivity index (χ2v) is 10.3. The number of guanidine groups is 1.